The normalized spacial score (nSPS) is 16.4. The minimum absolute atomic E-state index is 0.120. The summed E-state index contributed by atoms with van der Waals surface area (Å²) in [7, 11) is 0. The maximum atomic E-state index is 12.4. The van der Waals surface area contributed by atoms with Gasteiger partial charge in [-0.3, -0.25) is 9.78 Å². The van der Waals surface area contributed by atoms with E-state index >= 15 is 0 Å². The van der Waals surface area contributed by atoms with Crippen molar-refractivity contribution in [1.82, 2.24) is 9.88 Å². The lowest BCUT2D eigenvalue weighted by Crippen LogP contribution is -2.33. The van der Waals surface area contributed by atoms with Gasteiger partial charge in [0, 0.05) is 31.0 Å². The second kappa shape index (κ2) is 11.5. The molecule has 1 saturated heterocycles. The summed E-state index contributed by atoms with van der Waals surface area (Å²) < 4.78 is 12.2. The summed E-state index contributed by atoms with van der Waals surface area (Å²) in [4.78, 5) is 22.8. The number of ether oxygens (including phenoxy) is 2. The van der Waals surface area contributed by atoms with Gasteiger partial charge in [0.1, 0.15) is 35.7 Å². The standard InChI is InChI=1S/C31H35N3O4/c1-20-21(2)29(9-8-23(20)15-24(35)14-22-6-7-22)38-30-10-11-33-27-17-31(28(32-3)16-26(27)30)37-19-25(36)18-34-12-4-5-13-34/h8-11,16-17,22,25,36H,4-7,12-15,18-19H2,1-2H3/t25-/m1/s1. The number of hydrogen-bond acceptors (Lipinski definition) is 6. The zero-order chi connectivity index (χ0) is 26.6. The minimum atomic E-state index is -0.622. The molecular weight excluding hydrogens is 478 g/mol. The molecule has 0 bridgehead atoms. The molecule has 1 N–H and O–H groups in total. The van der Waals surface area contributed by atoms with Crippen molar-refractivity contribution in [2.45, 2.75) is 58.5 Å². The first-order chi connectivity index (χ1) is 18.4. The number of pyridine rings is 1. The maximum Gasteiger partial charge on any atom is 0.229 e. The highest BCUT2D eigenvalue weighted by Gasteiger charge is 2.25. The van der Waals surface area contributed by atoms with Crippen molar-refractivity contribution >= 4 is 22.4 Å². The summed E-state index contributed by atoms with van der Waals surface area (Å²) in [5.74, 6) is 2.61. The number of benzene rings is 2. The Morgan fingerprint density at radius 2 is 1.92 bits per heavy atom. The second-order valence-electron chi connectivity index (χ2n) is 10.7. The Bertz CT molecular complexity index is 1370. The number of aliphatic hydroxyl groups excluding tert-OH is 1. The van der Waals surface area contributed by atoms with E-state index in [2.05, 4.69) is 14.7 Å². The van der Waals surface area contributed by atoms with Crippen LogP contribution >= 0.6 is 0 Å². The third kappa shape index (κ3) is 6.15. The Labute approximate surface area is 224 Å². The third-order valence-corrected chi connectivity index (χ3v) is 7.67. The lowest BCUT2D eigenvalue weighted by Gasteiger charge is -2.20. The quantitative estimate of drug-likeness (QED) is 0.320. The van der Waals surface area contributed by atoms with Gasteiger partial charge < -0.3 is 19.5 Å². The molecule has 2 aliphatic rings. The van der Waals surface area contributed by atoms with Gasteiger partial charge in [0.25, 0.3) is 0 Å². The number of aromatic nitrogens is 1. The molecule has 198 valence electrons. The van der Waals surface area contributed by atoms with Crippen molar-refractivity contribution < 1.29 is 19.4 Å². The van der Waals surface area contributed by atoms with Crippen LogP contribution in [-0.2, 0) is 11.2 Å². The first-order valence-electron chi connectivity index (χ1n) is 13.5. The van der Waals surface area contributed by atoms with Gasteiger partial charge in [0.15, 0.2) is 0 Å². The number of fused-ring (bicyclic) bond motifs is 1. The number of carbonyl (C=O) groups is 1. The van der Waals surface area contributed by atoms with Gasteiger partial charge in [0.05, 0.1) is 12.1 Å². The molecule has 1 saturated carbocycles. The van der Waals surface area contributed by atoms with E-state index in [1.165, 1.54) is 25.7 Å². The summed E-state index contributed by atoms with van der Waals surface area (Å²) in [5, 5.41) is 11.1. The summed E-state index contributed by atoms with van der Waals surface area (Å²) in [5.41, 5.74) is 4.10. The van der Waals surface area contributed by atoms with E-state index in [-0.39, 0.29) is 6.61 Å². The van der Waals surface area contributed by atoms with Crippen molar-refractivity contribution in [2.75, 3.05) is 26.2 Å². The summed E-state index contributed by atoms with van der Waals surface area (Å²) in [6, 6.07) is 9.17. The molecule has 0 spiro atoms. The highest BCUT2D eigenvalue weighted by Crippen LogP contribution is 2.39. The van der Waals surface area contributed by atoms with E-state index in [1.54, 1.807) is 24.4 Å². The molecule has 1 aliphatic carbocycles. The lowest BCUT2D eigenvalue weighted by molar-refractivity contribution is -0.118. The molecule has 2 aromatic carbocycles. The molecule has 38 heavy (non-hydrogen) atoms. The van der Waals surface area contributed by atoms with E-state index in [9.17, 15) is 9.90 Å². The number of ketones is 1. The number of Topliss-reactive ketones (excluding diaryl/α,β-unsaturated/α-hetero) is 1. The molecule has 5 rings (SSSR count). The summed E-state index contributed by atoms with van der Waals surface area (Å²) >= 11 is 0. The van der Waals surface area contributed by atoms with Crippen LogP contribution in [0.1, 0.15) is 48.8 Å². The first kappa shape index (κ1) is 26.1. The predicted octanol–water partition coefficient (Wildman–Crippen LogP) is 5.94. The maximum absolute atomic E-state index is 12.4. The van der Waals surface area contributed by atoms with E-state index in [0.29, 0.717) is 64.9 Å². The van der Waals surface area contributed by atoms with Gasteiger partial charge in [-0.05, 0) is 99.5 Å². The molecule has 3 aromatic rings. The van der Waals surface area contributed by atoms with Gasteiger partial charge in [-0.1, -0.05) is 6.07 Å². The number of hydrogen-bond donors (Lipinski definition) is 1. The van der Waals surface area contributed by atoms with Crippen LogP contribution in [0, 0.1) is 26.3 Å². The van der Waals surface area contributed by atoms with E-state index in [0.717, 1.165) is 29.8 Å². The van der Waals surface area contributed by atoms with Crippen LogP contribution in [0.4, 0.5) is 5.69 Å². The molecule has 2 fully saturated rings. The molecule has 0 radical (unpaired) electrons. The fourth-order valence-electron chi connectivity index (χ4n) is 5.13. The molecular formula is C31H35N3O4. The fraction of sp³-hybridized carbons (Fsp3) is 0.452. The highest BCUT2D eigenvalue weighted by molar-refractivity contribution is 5.91. The zero-order valence-electron chi connectivity index (χ0n) is 22.2. The van der Waals surface area contributed by atoms with Crippen molar-refractivity contribution in [3.63, 3.8) is 0 Å². The number of rotatable bonds is 11. The van der Waals surface area contributed by atoms with E-state index in [1.807, 2.05) is 26.0 Å². The smallest absolute Gasteiger partial charge is 0.229 e. The third-order valence-electron chi connectivity index (χ3n) is 7.67. The number of likely N-dealkylation sites (tertiary alicyclic amines) is 1. The van der Waals surface area contributed by atoms with Crippen molar-refractivity contribution in [3.8, 4) is 17.2 Å². The fourth-order valence-corrected chi connectivity index (χ4v) is 5.13. The van der Waals surface area contributed by atoms with Crippen molar-refractivity contribution in [1.29, 1.82) is 0 Å². The zero-order valence-corrected chi connectivity index (χ0v) is 22.2. The number of carbonyl (C=O) groups excluding carboxylic acids is 1. The van der Waals surface area contributed by atoms with Crippen LogP contribution in [-0.4, -0.2) is 53.1 Å². The van der Waals surface area contributed by atoms with Gasteiger partial charge >= 0.3 is 0 Å². The lowest BCUT2D eigenvalue weighted by atomic mass is 9.97. The van der Waals surface area contributed by atoms with Crippen LogP contribution in [0.3, 0.4) is 0 Å². The van der Waals surface area contributed by atoms with Gasteiger partial charge in [-0.25, -0.2) is 4.85 Å². The Kier molecular flexibility index (Phi) is 7.92. The van der Waals surface area contributed by atoms with E-state index in [4.69, 9.17) is 16.0 Å². The molecule has 7 nitrogen and oxygen atoms in total. The highest BCUT2D eigenvalue weighted by atomic mass is 16.5. The molecule has 1 aromatic heterocycles. The van der Waals surface area contributed by atoms with Crippen LogP contribution in [0.5, 0.6) is 17.2 Å². The summed E-state index contributed by atoms with van der Waals surface area (Å²) in [6.45, 7) is 14.4. The van der Waals surface area contributed by atoms with Crippen molar-refractivity contribution in [2.24, 2.45) is 5.92 Å². The Hall–Kier alpha value is -3.47. The molecule has 7 heteroatoms. The Morgan fingerprint density at radius 1 is 1.13 bits per heavy atom. The van der Waals surface area contributed by atoms with Crippen LogP contribution in [0.25, 0.3) is 15.7 Å². The molecule has 0 amide bonds. The number of β-amino-alcohol motifs (C(OH)–C–C–N with tert-alkyl or cyclic N) is 1. The van der Waals surface area contributed by atoms with Crippen LogP contribution in [0.2, 0.25) is 0 Å². The Morgan fingerprint density at radius 3 is 2.66 bits per heavy atom. The van der Waals surface area contributed by atoms with Gasteiger partial charge in [0.2, 0.25) is 5.69 Å². The second-order valence-corrected chi connectivity index (χ2v) is 10.7. The molecule has 0 unspecified atom stereocenters. The average Bonchev–Trinajstić information content (AvgIpc) is 3.57. The monoisotopic (exact) mass is 513 g/mol. The molecule has 2 heterocycles. The van der Waals surface area contributed by atoms with Crippen molar-refractivity contribution in [3.05, 3.63) is 64.6 Å². The first-order valence-corrected chi connectivity index (χ1v) is 13.5. The largest absolute Gasteiger partial charge is 0.502 e. The molecule has 1 atom stereocenters. The average molecular weight is 514 g/mol. The SMILES string of the molecule is [C-]#[N+]c1cc2c(Oc3ccc(CC(=O)CC4CC4)c(C)c3C)ccnc2cc1OC[C@H](O)CN1CCCC1. The van der Waals surface area contributed by atoms with Crippen LogP contribution in [0.15, 0.2) is 36.5 Å². The van der Waals surface area contributed by atoms with Gasteiger partial charge in [-0.2, -0.15) is 0 Å². The number of nitrogens with zero attached hydrogens (tertiary/aromatic N) is 3. The van der Waals surface area contributed by atoms with E-state index < -0.39 is 6.10 Å². The number of aliphatic hydroxyl groups is 1. The predicted molar refractivity (Wildman–Crippen MR) is 147 cm³/mol. The summed E-state index contributed by atoms with van der Waals surface area (Å²) in [6.07, 6.45) is 6.90. The van der Waals surface area contributed by atoms with Gasteiger partial charge in [-0.15, -0.1) is 0 Å². The van der Waals surface area contributed by atoms with Crippen LogP contribution < -0.4 is 9.47 Å². The Balaban J connectivity index is 1.32. The molecule has 1 aliphatic heterocycles. The topological polar surface area (TPSA) is 76.2 Å². The minimum Gasteiger partial charge on any atom is -0.502 e.